The molecule has 1 aliphatic rings. The minimum absolute atomic E-state index is 0.0257. The summed E-state index contributed by atoms with van der Waals surface area (Å²) in [5.41, 5.74) is 2.20. The second-order valence-electron chi connectivity index (χ2n) is 5.61. The van der Waals surface area contributed by atoms with Crippen LogP contribution in [0.3, 0.4) is 0 Å². The van der Waals surface area contributed by atoms with Crippen molar-refractivity contribution in [3.8, 4) is 6.07 Å². The van der Waals surface area contributed by atoms with E-state index >= 15 is 0 Å². The topological polar surface area (TPSA) is 73.2 Å². The molecule has 2 amide bonds. The van der Waals surface area contributed by atoms with Crippen LogP contribution in [-0.4, -0.2) is 29.3 Å². The monoisotopic (exact) mass is 299 g/mol. The highest BCUT2D eigenvalue weighted by Crippen LogP contribution is 2.22. The number of benzene rings is 1. The molecule has 0 saturated carbocycles. The molecule has 1 aromatic rings. The fourth-order valence-electron chi connectivity index (χ4n) is 2.59. The van der Waals surface area contributed by atoms with E-state index in [0.717, 1.165) is 5.56 Å². The summed E-state index contributed by atoms with van der Waals surface area (Å²) in [5, 5.41) is 11.3. The Morgan fingerprint density at radius 1 is 1.41 bits per heavy atom. The second kappa shape index (κ2) is 7.60. The first-order valence-electron chi connectivity index (χ1n) is 7.61. The summed E-state index contributed by atoms with van der Waals surface area (Å²) in [7, 11) is 0. The molecule has 1 atom stereocenters. The highest BCUT2D eigenvalue weighted by atomic mass is 16.2. The Hall–Kier alpha value is -2.35. The van der Waals surface area contributed by atoms with E-state index in [1.807, 2.05) is 37.3 Å². The number of likely N-dealkylation sites (tertiary alicyclic amines) is 1. The standard InChI is InChI=1S/C17H21N3O2/c1-13-4-6-14(7-5-13)12-20-15(8-9-16(20)21)17(22)19-11-3-2-10-18/h4-7,15H,2-3,8-9,11-12H2,1H3,(H,19,22). The Balaban J connectivity index is 1.95. The number of nitrogens with one attached hydrogen (secondary N) is 1. The Bertz CT molecular complexity index is 575. The van der Waals surface area contributed by atoms with E-state index in [2.05, 4.69) is 5.32 Å². The van der Waals surface area contributed by atoms with Gasteiger partial charge in [0.1, 0.15) is 6.04 Å². The van der Waals surface area contributed by atoms with Gasteiger partial charge in [0.15, 0.2) is 0 Å². The van der Waals surface area contributed by atoms with Gasteiger partial charge >= 0.3 is 0 Å². The van der Waals surface area contributed by atoms with Crippen LogP contribution in [0.25, 0.3) is 0 Å². The number of hydrogen-bond donors (Lipinski definition) is 1. The Morgan fingerprint density at radius 3 is 2.82 bits per heavy atom. The first kappa shape index (κ1) is 16.0. The van der Waals surface area contributed by atoms with Gasteiger partial charge < -0.3 is 10.2 Å². The maximum absolute atomic E-state index is 12.2. The third-order valence-corrected chi connectivity index (χ3v) is 3.87. The van der Waals surface area contributed by atoms with Gasteiger partial charge in [0.2, 0.25) is 11.8 Å². The molecule has 1 fully saturated rings. The predicted octanol–water partition coefficient (Wildman–Crippen LogP) is 1.91. The molecule has 22 heavy (non-hydrogen) atoms. The van der Waals surface area contributed by atoms with Gasteiger partial charge in [-0.15, -0.1) is 0 Å². The molecule has 0 radical (unpaired) electrons. The third kappa shape index (κ3) is 4.08. The van der Waals surface area contributed by atoms with Crippen molar-refractivity contribution >= 4 is 11.8 Å². The van der Waals surface area contributed by atoms with Crippen molar-refractivity contribution in [1.82, 2.24) is 10.2 Å². The molecule has 0 aromatic heterocycles. The van der Waals surface area contributed by atoms with Gasteiger partial charge in [-0.25, -0.2) is 0 Å². The fourth-order valence-corrected chi connectivity index (χ4v) is 2.59. The maximum atomic E-state index is 12.2. The SMILES string of the molecule is Cc1ccc(CN2C(=O)CCC2C(=O)NCCCC#N)cc1. The van der Waals surface area contributed by atoms with Crippen LogP contribution in [0.15, 0.2) is 24.3 Å². The molecule has 0 bridgehead atoms. The van der Waals surface area contributed by atoms with Crippen LogP contribution < -0.4 is 5.32 Å². The molecule has 0 aliphatic carbocycles. The van der Waals surface area contributed by atoms with Gasteiger partial charge in [-0.1, -0.05) is 29.8 Å². The van der Waals surface area contributed by atoms with E-state index in [9.17, 15) is 9.59 Å². The van der Waals surface area contributed by atoms with E-state index < -0.39 is 6.04 Å². The van der Waals surface area contributed by atoms with Crippen LogP contribution in [-0.2, 0) is 16.1 Å². The van der Waals surface area contributed by atoms with Crippen molar-refractivity contribution in [2.75, 3.05) is 6.54 Å². The van der Waals surface area contributed by atoms with Gasteiger partial charge in [0.25, 0.3) is 0 Å². The molecule has 5 nitrogen and oxygen atoms in total. The van der Waals surface area contributed by atoms with Crippen LogP contribution in [0.2, 0.25) is 0 Å². The zero-order valence-corrected chi connectivity index (χ0v) is 12.8. The Kier molecular flexibility index (Phi) is 5.54. The smallest absolute Gasteiger partial charge is 0.242 e. The quantitative estimate of drug-likeness (QED) is 0.815. The molecule has 1 aliphatic heterocycles. The van der Waals surface area contributed by atoms with Crippen LogP contribution in [0, 0.1) is 18.3 Å². The van der Waals surface area contributed by atoms with Crippen molar-refractivity contribution in [3.05, 3.63) is 35.4 Å². The minimum Gasteiger partial charge on any atom is -0.354 e. The number of nitriles is 1. The van der Waals surface area contributed by atoms with Crippen molar-refractivity contribution in [2.24, 2.45) is 0 Å². The lowest BCUT2D eigenvalue weighted by atomic mass is 10.1. The zero-order chi connectivity index (χ0) is 15.9. The lowest BCUT2D eigenvalue weighted by molar-refractivity contribution is -0.135. The minimum atomic E-state index is -0.393. The normalized spacial score (nSPS) is 17.4. The summed E-state index contributed by atoms with van der Waals surface area (Å²) in [6.45, 7) is 2.97. The van der Waals surface area contributed by atoms with Crippen molar-refractivity contribution in [2.45, 2.75) is 45.2 Å². The summed E-state index contributed by atoms with van der Waals surface area (Å²) in [6.07, 6.45) is 2.05. The molecule has 1 N–H and O–H groups in total. The van der Waals surface area contributed by atoms with E-state index in [1.165, 1.54) is 5.56 Å². The lowest BCUT2D eigenvalue weighted by Crippen LogP contribution is -2.44. The average molecular weight is 299 g/mol. The first-order chi connectivity index (χ1) is 10.6. The summed E-state index contributed by atoms with van der Waals surface area (Å²) in [6, 6.07) is 9.65. The van der Waals surface area contributed by atoms with Gasteiger partial charge in [-0.05, 0) is 25.3 Å². The molecule has 2 rings (SSSR count). The van der Waals surface area contributed by atoms with Crippen LogP contribution in [0.1, 0.15) is 36.8 Å². The molecule has 1 saturated heterocycles. The number of carbonyl (C=O) groups is 2. The molecule has 1 unspecified atom stereocenters. The van der Waals surface area contributed by atoms with Crippen LogP contribution >= 0.6 is 0 Å². The summed E-state index contributed by atoms with van der Waals surface area (Å²) < 4.78 is 0. The molecule has 1 heterocycles. The zero-order valence-electron chi connectivity index (χ0n) is 12.8. The number of hydrogen-bond acceptors (Lipinski definition) is 3. The Morgan fingerprint density at radius 2 is 2.14 bits per heavy atom. The fraction of sp³-hybridized carbons (Fsp3) is 0.471. The summed E-state index contributed by atoms with van der Waals surface area (Å²) in [4.78, 5) is 25.9. The number of rotatable bonds is 6. The summed E-state index contributed by atoms with van der Waals surface area (Å²) >= 11 is 0. The second-order valence-corrected chi connectivity index (χ2v) is 5.61. The number of unbranched alkanes of at least 4 members (excludes halogenated alkanes) is 1. The third-order valence-electron chi connectivity index (χ3n) is 3.87. The predicted molar refractivity (Wildman–Crippen MR) is 82.6 cm³/mol. The van der Waals surface area contributed by atoms with Gasteiger partial charge in [0, 0.05) is 25.9 Å². The van der Waals surface area contributed by atoms with Crippen LogP contribution in [0.4, 0.5) is 0 Å². The number of carbonyl (C=O) groups excluding carboxylic acids is 2. The first-order valence-corrected chi connectivity index (χ1v) is 7.61. The van der Waals surface area contributed by atoms with Crippen molar-refractivity contribution < 1.29 is 9.59 Å². The van der Waals surface area contributed by atoms with Gasteiger partial charge in [0.05, 0.1) is 6.07 Å². The van der Waals surface area contributed by atoms with Gasteiger partial charge in [-0.2, -0.15) is 5.26 Å². The highest BCUT2D eigenvalue weighted by molar-refractivity contribution is 5.90. The maximum Gasteiger partial charge on any atom is 0.242 e. The highest BCUT2D eigenvalue weighted by Gasteiger charge is 2.35. The van der Waals surface area contributed by atoms with Crippen molar-refractivity contribution in [3.63, 3.8) is 0 Å². The van der Waals surface area contributed by atoms with Gasteiger partial charge in [-0.3, -0.25) is 9.59 Å². The average Bonchev–Trinajstić information content (AvgIpc) is 2.87. The lowest BCUT2D eigenvalue weighted by Gasteiger charge is -2.24. The largest absolute Gasteiger partial charge is 0.354 e. The number of nitrogens with zero attached hydrogens (tertiary/aromatic N) is 2. The van der Waals surface area contributed by atoms with E-state index in [-0.39, 0.29) is 11.8 Å². The molecule has 1 aromatic carbocycles. The Labute approximate surface area is 130 Å². The number of aryl methyl sites for hydroxylation is 1. The molecule has 0 spiro atoms. The van der Waals surface area contributed by atoms with E-state index in [4.69, 9.17) is 5.26 Å². The summed E-state index contributed by atoms with van der Waals surface area (Å²) in [5.74, 6) is -0.0892. The molecule has 5 heteroatoms. The molecular formula is C17H21N3O2. The van der Waals surface area contributed by atoms with Crippen molar-refractivity contribution in [1.29, 1.82) is 5.26 Å². The van der Waals surface area contributed by atoms with Crippen LogP contribution in [0.5, 0.6) is 0 Å². The molecule has 116 valence electrons. The van der Waals surface area contributed by atoms with E-state index in [0.29, 0.717) is 38.8 Å². The number of amides is 2. The van der Waals surface area contributed by atoms with E-state index in [1.54, 1.807) is 4.90 Å². The molecular weight excluding hydrogens is 278 g/mol.